The lowest BCUT2D eigenvalue weighted by atomic mass is 9.65. The Labute approximate surface area is 247 Å². The summed E-state index contributed by atoms with van der Waals surface area (Å²) in [6, 6.07) is 10.7. The maximum absolute atomic E-state index is 13.9. The van der Waals surface area contributed by atoms with Crippen LogP contribution < -0.4 is 5.32 Å². The third-order valence-corrected chi connectivity index (χ3v) is 10.2. The molecule has 228 valence electrons. The number of nitrogens with zero attached hydrogens (tertiary/aromatic N) is 4. The highest BCUT2D eigenvalue weighted by molar-refractivity contribution is 5.80. The molecule has 0 aromatic heterocycles. The van der Waals surface area contributed by atoms with Crippen molar-refractivity contribution in [1.29, 1.82) is 0 Å². The topological polar surface area (TPSA) is 80.6 Å². The summed E-state index contributed by atoms with van der Waals surface area (Å²) < 4.78 is 5.51. The molecule has 2 N–H and O–H groups in total. The van der Waals surface area contributed by atoms with Gasteiger partial charge in [-0.2, -0.15) is 0 Å². The van der Waals surface area contributed by atoms with Crippen LogP contribution in [0.25, 0.3) is 0 Å². The number of benzene rings is 1. The number of aliphatic imine (C=N–C) groups is 1. The number of ether oxygens (including phenoxy) is 1. The van der Waals surface area contributed by atoms with Crippen molar-refractivity contribution in [2.75, 3.05) is 60.0 Å². The highest BCUT2D eigenvalue weighted by atomic mass is 16.5. The molecule has 2 saturated carbocycles. The Morgan fingerprint density at radius 2 is 1.78 bits per heavy atom. The number of aliphatic hydroxyl groups is 1. The quantitative estimate of drug-likeness (QED) is 0.245. The molecule has 0 bridgehead atoms. The fourth-order valence-electron chi connectivity index (χ4n) is 6.65. The van der Waals surface area contributed by atoms with E-state index in [2.05, 4.69) is 80.0 Å². The number of amides is 2. The number of morpholine rings is 1. The third-order valence-electron chi connectivity index (χ3n) is 10.2. The maximum atomic E-state index is 13.9. The van der Waals surface area contributed by atoms with Crippen LogP contribution in [0.5, 0.6) is 0 Å². The minimum atomic E-state index is -0.785. The minimum Gasteiger partial charge on any atom is -0.388 e. The van der Waals surface area contributed by atoms with E-state index in [1.807, 2.05) is 17.9 Å². The molecule has 1 unspecified atom stereocenters. The Bertz CT molecular complexity index is 1060. The lowest BCUT2D eigenvalue weighted by Crippen LogP contribution is -2.60. The monoisotopic (exact) mass is 567 g/mol. The first-order valence-corrected chi connectivity index (χ1v) is 15.4. The molecule has 8 nitrogen and oxygen atoms in total. The average molecular weight is 568 g/mol. The molecule has 0 radical (unpaired) electrons. The van der Waals surface area contributed by atoms with E-state index in [-0.39, 0.29) is 23.5 Å². The second-order valence-corrected chi connectivity index (χ2v) is 13.4. The van der Waals surface area contributed by atoms with Crippen LogP contribution in [-0.2, 0) is 10.3 Å². The van der Waals surface area contributed by atoms with Gasteiger partial charge in [0.1, 0.15) is 0 Å². The van der Waals surface area contributed by atoms with Gasteiger partial charge in [0, 0.05) is 31.7 Å². The van der Waals surface area contributed by atoms with Gasteiger partial charge in [-0.25, -0.2) is 4.79 Å². The summed E-state index contributed by atoms with van der Waals surface area (Å²) in [4.78, 5) is 25.5. The third kappa shape index (κ3) is 7.15. The van der Waals surface area contributed by atoms with E-state index in [9.17, 15) is 9.90 Å². The van der Waals surface area contributed by atoms with E-state index < -0.39 is 11.1 Å². The van der Waals surface area contributed by atoms with E-state index in [0.29, 0.717) is 26.3 Å². The van der Waals surface area contributed by atoms with E-state index >= 15 is 0 Å². The van der Waals surface area contributed by atoms with Crippen molar-refractivity contribution in [3.8, 4) is 0 Å². The van der Waals surface area contributed by atoms with Crippen molar-refractivity contribution in [1.82, 2.24) is 20.0 Å². The molecular weight excluding hydrogens is 514 g/mol. The van der Waals surface area contributed by atoms with Gasteiger partial charge < -0.3 is 25.0 Å². The van der Waals surface area contributed by atoms with Crippen LogP contribution in [0, 0.1) is 5.41 Å². The molecule has 2 amide bonds. The molecule has 41 heavy (non-hydrogen) atoms. The maximum Gasteiger partial charge on any atom is 0.318 e. The predicted octanol–water partition coefficient (Wildman–Crippen LogP) is 4.65. The lowest BCUT2D eigenvalue weighted by molar-refractivity contribution is -0.0312. The van der Waals surface area contributed by atoms with Crippen LogP contribution >= 0.6 is 0 Å². The van der Waals surface area contributed by atoms with Gasteiger partial charge in [-0.15, -0.1) is 6.58 Å². The number of urea groups is 1. The fraction of sp³-hybridized carbons (Fsp3) is 0.697. The van der Waals surface area contributed by atoms with Crippen molar-refractivity contribution < 1.29 is 14.6 Å². The summed E-state index contributed by atoms with van der Waals surface area (Å²) in [5.41, 5.74) is -0.181. The number of hydrogen-bond acceptors (Lipinski definition) is 5. The van der Waals surface area contributed by atoms with Crippen molar-refractivity contribution in [3.63, 3.8) is 0 Å². The van der Waals surface area contributed by atoms with Crippen molar-refractivity contribution in [2.24, 2.45) is 10.4 Å². The molecule has 2 aliphatic carbocycles. The Hall–Kier alpha value is -2.42. The standard InChI is InChI=1S/C33H53N5O3/c1-7-31(4,24-34-27(2)37-20-22-41-23-21-37)38(29(39)35-25-32(40)14-11-15-32)26-30(3)16-18-33(19-17-30,36(5)6)28-12-9-8-10-13-28/h7-10,12-13,40H,1,11,14-26H2,2-6H3,(H,35,39). The van der Waals surface area contributed by atoms with Gasteiger partial charge in [0.2, 0.25) is 0 Å². The van der Waals surface area contributed by atoms with Crippen LogP contribution in [0.3, 0.4) is 0 Å². The number of nitrogens with one attached hydrogen (secondary N) is 1. The van der Waals surface area contributed by atoms with Crippen LogP contribution in [0.1, 0.15) is 71.3 Å². The number of hydrogen-bond donors (Lipinski definition) is 2. The molecule has 1 aromatic carbocycles. The number of amidine groups is 1. The highest BCUT2D eigenvalue weighted by Crippen LogP contribution is 2.48. The van der Waals surface area contributed by atoms with Gasteiger partial charge in [-0.3, -0.25) is 9.89 Å². The van der Waals surface area contributed by atoms with Gasteiger partial charge in [-0.1, -0.05) is 43.3 Å². The zero-order chi connectivity index (χ0) is 29.7. The summed E-state index contributed by atoms with van der Waals surface area (Å²) in [6.45, 7) is 15.0. The summed E-state index contributed by atoms with van der Waals surface area (Å²) >= 11 is 0. The zero-order valence-electron chi connectivity index (χ0n) is 26.1. The van der Waals surface area contributed by atoms with Crippen LogP contribution in [-0.4, -0.2) is 103 Å². The molecule has 3 aliphatic rings. The minimum absolute atomic E-state index is 0.0113. The molecule has 1 aromatic rings. The van der Waals surface area contributed by atoms with E-state index in [1.54, 1.807) is 0 Å². The second-order valence-electron chi connectivity index (χ2n) is 13.4. The van der Waals surface area contributed by atoms with Crippen molar-refractivity contribution in [3.05, 3.63) is 48.6 Å². The summed E-state index contributed by atoms with van der Waals surface area (Å²) in [5, 5.41) is 13.8. The largest absolute Gasteiger partial charge is 0.388 e. The first-order chi connectivity index (χ1) is 19.4. The van der Waals surface area contributed by atoms with Crippen LogP contribution in [0.15, 0.2) is 48.0 Å². The average Bonchev–Trinajstić information content (AvgIpc) is 2.97. The lowest BCUT2D eigenvalue weighted by Gasteiger charge is -2.51. The molecule has 8 heteroatoms. The normalized spacial score (nSPS) is 28.0. The number of carbonyl (C=O) groups excluding carboxylic acids is 1. The molecule has 4 rings (SSSR count). The number of carbonyl (C=O) groups is 1. The van der Waals surface area contributed by atoms with Crippen molar-refractivity contribution >= 4 is 11.9 Å². The van der Waals surface area contributed by atoms with Crippen molar-refractivity contribution in [2.45, 2.75) is 82.4 Å². The molecule has 0 spiro atoms. The summed E-state index contributed by atoms with van der Waals surface area (Å²) in [6.07, 6.45) is 8.39. The summed E-state index contributed by atoms with van der Waals surface area (Å²) in [5.74, 6) is 0.966. The predicted molar refractivity (Wildman–Crippen MR) is 166 cm³/mol. The first-order valence-electron chi connectivity index (χ1n) is 15.4. The molecule has 1 heterocycles. The molecule has 1 saturated heterocycles. The highest BCUT2D eigenvalue weighted by Gasteiger charge is 2.46. The Morgan fingerprint density at radius 3 is 2.32 bits per heavy atom. The van der Waals surface area contributed by atoms with E-state index in [1.165, 1.54) is 5.56 Å². The first kappa shape index (κ1) is 31.5. The van der Waals surface area contributed by atoms with Crippen LogP contribution in [0.4, 0.5) is 4.79 Å². The Balaban J connectivity index is 1.54. The zero-order valence-corrected chi connectivity index (χ0v) is 26.1. The van der Waals surface area contributed by atoms with Gasteiger partial charge >= 0.3 is 6.03 Å². The van der Waals surface area contributed by atoms with Gasteiger partial charge in [-0.05, 0) is 83.9 Å². The van der Waals surface area contributed by atoms with Gasteiger partial charge in [0.05, 0.1) is 36.7 Å². The summed E-state index contributed by atoms with van der Waals surface area (Å²) in [7, 11) is 4.37. The molecular formula is C33H53N5O3. The molecule has 3 fully saturated rings. The second kappa shape index (κ2) is 12.8. The molecule has 1 aliphatic heterocycles. The van der Waals surface area contributed by atoms with Crippen LogP contribution in [0.2, 0.25) is 0 Å². The Kier molecular flexibility index (Phi) is 9.87. The van der Waals surface area contributed by atoms with Gasteiger partial charge in [0.15, 0.2) is 0 Å². The molecule has 1 atom stereocenters. The Morgan fingerprint density at radius 1 is 1.15 bits per heavy atom. The van der Waals surface area contributed by atoms with Gasteiger partial charge in [0.25, 0.3) is 0 Å². The van der Waals surface area contributed by atoms with E-state index in [4.69, 9.17) is 9.73 Å². The fourth-order valence-corrected chi connectivity index (χ4v) is 6.65. The SMILES string of the molecule is C=CC(C)(CN=C(C)N1CCOCC1)N(CC1(C)CCC(c2ccccc2)(N(C)C)CC1)C(=O)NCC1(O)CCC1. The smallest absolute Gasteiger partial charge is 0.318 e. The van der Waals surface area contributed by atoms with E-state index in [0.717, 1.165) is 63.9 Å². The number of rotatable bonds is 10.